The van der Waals surface area contributed by atoms with Crippen LogP contribution in [0.2, 0.25) is 0 Å². The summed E-state index contributed by atoms with van der Waals surface area (Å²) in [5.74, 6) is -1.21. The molecule has 0 amide bonds. The van der Waals surface area contributed by atoms with E-state index in [1.54, 1.807) is 13.0 Å². The van der Waals surface area contributed by atoms with Crippen LogP contribution in [0.1, 0.15) is 28.4 Å². The minimum atomic E-state index is -3.08. The predicted molar refractivity (Wildman–Crippen MR) is 63.3 cm³/mol. The monoisotopic (exact) mass is 289 g/mol. The standard InChI is InChI=1S/C12H10ClF2NO3/c1-2-18-11(17)7-3-8(6-16)9(5-13)10(4-7)19-12(14)15/h3-4,12H,2,5H2,1H3. The molecule has 4 nitrogen and oxygen atoms in total. The molecule has 0 heterocycles. The highest BCUT2D eigenvalue weighted by atomic mass is 35.5. The van der Waals surface area contributed by atoms with Crippen molar-refractivity contribution in [1.82, 2.24) is 0 Å². The number of hydrogen-bond donors (Lipinski definition) is 0. The van der Waals surface area contributed by atoms with E-state index in [2.05, 4.69) is 4.74 Å². The van der Waals surface area contributed by atoms with Crippen LogP contribution in [0.4, 0.5) is 8.78 Å². The van der Waals surface area contributed by atoms with Crippen LogP contribution in [0.15, 0.2) is 12.1 Å². The van der Waals surface area contributed by atoms with E-state index >= 15 is 0 Å². The first-order valence-electron chi connectivity index (χ1n) is 5.28. The van der Waals surface area contributed by atoms with Gasteiger partial charge in [-0.3, -0.25) is 0 Å². The lowest BCUT2D eigenvalue weighted by molar-refractivity contribution is -0.0504. The Bertz CT molecular complexity index is 514. The van der Waals surface area contributed by atoms with Gasteiger partial charge in [0, 0.05) is 5.56 Å². The van der Waals surface area contributed by atoms with Crippen LogP contribution >= 0.6 is 11.6 Å². The Balaban J connectivity index is 3.30. The second-order valence-corrected chi connectivity index (χ2v) is 3.61. The van der Waals surface area contributed by atoms with Gasteiger partial charge in [-0.15, -0.1) is 11.6 Å². The maximum Gasteiger partial charge on any atom is 0.387 e. The molecule has 0 aromatic heterocycles. The highest BCUT2D eigenvalue weighted by Crippen LogP contribution is 2.28. The molecule has 0 saturated heterocycles. The topological polar surface area (TPSA) is 59.3 Å². The fourth-order valence-electron chi connectivity index (χ4n) is 1.42. The van der Waals surface area contributed by atoms with E-state index in [-0.39, 0.29) is 34.9 Å². The molecule has 0 unspecified atom stereocenters. The fraction of sp³-hybridized carbons (Fsp3) is 0.333. The average Bonchev–Trinajstić information content (AvgIpc) is 2.37. The van der Waals surface area contributed by atoms with Crippen molar-refractivity contribution in [3.8, 4) is 11.8 Å². The lowest BCUT2D eigenvalue weighted by Gasteiger charge is -2.12. The number of esters is 1. The van der Waals surface area contributed by atoms with Crippen LogP contribution < -0.4 is 4.74 Å². The van der Waals surface area contributed by atoms with Gasteiger partial charge in [0.15, 0.2) is 0 Å². The molecular formula is C12H10ClF2NO3. The number of nitriles is 1. The molecule has 1 aromatic rings. The van der Waals surface area contributed by atoms with E-state index in [0.717, 1.165) is 6.07 Å². The summed E-state index contributed by atoms with van der Waals surface area (Å²) in [6.07, 6.45) is 0. The highest BCUT2D eigenvalue weighted by Gasteiger charge is 2.18. The van der Waals surface area contributed by atoms with Gasteiger partial charge < -0.3 is 9.47 Å². The number of nitrogens with zero attached hydrogens (tertiary/aromatic N) is 1. The SMILES string of the molecule is CCOC(=O)c1cc(C#N)c(CCl)c(OC(F)F)c1. The third kappa shape index (κ3) is 3.80. The van der Waals surface area contributed by atoms with Crippen molar-refractivity contribution in [3.05, 3.63) is 28.8 Å². The van der Waals surface area contributed by atoms with E-state index < -0.39 is 12.6 Å². The van der Waals surface area contributed by atoms with Crippen LogP contribution in [0, 0.1) is 11.3 Å². The second kappa shape index (κ2) is 6.90. The first-order valence-corrected chi connectivity index (χ1v) is 5.81. The van der Waals surface area contributed by atoms with Crippen molar-refractivity contribution in [1.29, 1.82) is 5.26 Å². The number of alkyl halides is 3. The summed E-state index contributed by atoms with van der Waals surface area (Å²) in [5.41, 5.74) is 0.0663. The number of ether oxygens (including phenoxy) is 2. The van der Waals surface area contributed by atoms with Crippen molar-refractivity contribution in [2.24, 2.45) is 0 Å². The number of hydrogen-bond acceptors (Lipinski definition) is 4. The van der Waals surface area contributed by atoms with Gasteiger partial charge in [-0.25, -0.2) is 4.79 Å². The summed E-state index contributed by atoms with van der Waals surface area (Å²) in [7, 11) is 0. The zero-order chi connectivity index (χ0) is 14.4. The average molecular weight is 290 g/mol. The molecule has 1 rings (SSSR count). The van der Waals surface area contributed by atoms with E-state index in [0.29, 0.717) is 0 Å². The van der Waals surface area contributed by atoms with E-state index in [9.17, 15) is 13.6 Å². The lowest BCUT2D eigenvalue weighted by Crippen LogP contribution is -2.09. The normalized spacial score (nSPS) is 10.1. The Morgan fingerprint density at radius 2 is 2.21 bits per heavy atom. The predicted octanol–water partition coefficient (Wildman–Crippen LogP) is 3.08. The summed E-state index contributed by atoms with van der Waals surface area (Å²) in [5, 5.41) is 8.94. The van der Waals surface area contributed by atoms with Crippen LogP contribution in [-0.4, -0.2) is 19.2 Å². The first kappa shape index (κ1) is 15.2. The molecule has 0 fully saturated rings. The minimum absolute atomic E-state index is 0.00352. The molecule has 0 aliphatic heterocycles. The quantitative estimate of drug-likeness (QED) is 0.617. The van der Waals surface area contributed by atoms with Crippen LogP contribution in [0.25, 0.3) is 0 Å². The molecule has 102 valence electrons. The van der Waals surface area contributed by atoms with Gasteiger partial charge in [0.2, 0.25) is 0 Å². The Kier molecular flexibility index (Phi) is 5.52. The lowest BCUT2D eigenvalue weighted by atomic mass is 10.0. The van der Waals surface area contributed by atoms with Gasteiger partial charge in [0.05, 0.1) is 29.7 Å². The van der Waals surface area contributed by atoms with Gasteiger partial charge in [-0.1, -0.05) is 0 Å². The number of rotatable bonds is 5. The van der Waals surface area contributed by atoms with Gasteiger partial charge in [-0.2, -0.15) is 14.0 Å². The van der Waals surface area contributed by atoms with Crippen LogP contribution in [0.5, 0.6) is 5.75 Å². The van der Waals surface area contributed by atoms with Crippen molar-refractivity contribution in [3.63, 3.8) is 0 Å². The van der Waals surface area contributed by atoms with Gasteiger partial charge in [-0.05, 0) is 19.1 Å². The Hall–Kier alpha value is -1.87. The number of carbonyl (C=O) groups is 1. The van der Waals surface area contributed by atoms with Gasteiger partial charge in [0.1, 0.15) is 5.75 Å². The van der Waals surface area contributed by atoms with Crippen molar-refractivity contribution in [2.45, 2.75) is 19.4 Å². The van der Waals surface area contributed by atoms with Gasteiger partial charge in [0.25, 0.3) is 0 Å². The largest absolute Gasteiger partial charge is 0.462 e. The number of halogens is 3. The minimum Gasteiger partial charge on any atom is -0.462 e. The van der Waals surface area contributed by atoms with Crippen LogP contribution in [0.3, 0.4) is 0 Å². The zero-order valence-electron chi connectivity index (χ0n) is 9.95. The molecule has 19 heavy (non-hydrogen) atoms. The van der Waals surface area contributed by atoms with Crippen molar-refractivity contribution >= 4 is 17.6 Å². The van der Waals surface area contributed by atoms with Crippen LogP contribution in [-0.2, 0) is 10.6 Å². The first-order chi connectivity index (χ1) is 9.03. The Morgan fingerprint density at radius 1 is 1.53 bits per heavy atom. The summed E-state index contributed by atoms with van der Waals surface area (Å²) >= 11 is 5.60. The van der Waals surface area contributed by atoms with E-state index in [1.807, 2.05) is 0 Å². The smallest absolute Gasteiger partial charge is 0.387 e. The van der Waals surface area contributed by atoms with Crippen molar-refractivity contribution < 1.29 is 23.0 Å². The summed E-state index contributed by atoms with van der Waals surface area (Å²) in [6.45, 7) is -1.35. The highest BCUT2D eigenvalue weighted by molar-refractivity contribution is 6.17. The Morgan fingerprint density at radius 3 is 2.68 bits per heavy atom. The summed E-state index contributed by atoms with van der Waals surface area (Å²) in [6, 6.07) is 4.10. The molecule has 0 aliphatic carbocycles. The maximum atomic E-state index is 12.3. The fourth-order valence-corrected chi connectivity index (χ4v) is 1.69. The molecule has 1 aromatic carbocycles. The molecule has 0 spiro atoms. The molecule has 0 N–H and O–H groups in total. The zero-order valence-corrected chi connectivity index (χ0v) is 10.7. The summed E-state index contributed by atoms with van der Waals surface area (Å²) in [4.78, 5) is 11.5. The molecule has 0 saturated carbocycles. The molecular weight excluding hydrogens is 280 g/mol. The summed E-state index contributed by atoms with van der Waals surface area (Å²) < 4.78 is 33.6. The maximum absolute atomic E-state index is 12.3. The third-order valence-corrected chi connectivity index (χ3v) is 2.46. The molecule has 0 bridgehead atoms. The Labute approximate surface area is 113 Å². The van der Waals surface area contributed by atoms with E-state index in [4.69, 9.17) is 21.6 Å². The molecule has 7 heteroatoms. The number of carbonyl (C=O) groups excluding carboxylic acids is 1. The molecule has 0 atom stereocenters. The van der Waals surface area contributed by atoms with Crippen molar-refractivity contribution in [2.75, 3.05) is 6.61 Å². The van der Waals surface area contributed by atoms with E-state index in [1.165, 1.54) is 6.07 Å². The molecule has 0 aliphatic rings. The third-order valence-electron chi connectivity index (χ3n) is 2.19. The molecule has 0 radical (unpaired) electrons. The van der Waals surface area contributed by atoms with Gasteiger partial charge >= 0.3 is 12.6 Å². The number of benzene rings is 1. The second-order valence-electron chi connectivity index (χ2n) is 3.34.